The fourth-order valence-corrected chi connectivity index (χ4v) is 3.59. The normalized spacial score (nSPS) is 16.7. The Bertz CT molecular complexity index is 980. The smallest absolute Gasteiger partial charge is 0.273 e. The highest BCUT2D eigenvalue weighted by molar-refractivity contribution is 5.91. The number of nitrogens with zero attached hydrogens (tertiary/aromatic N) is 4. The monoisotopic (exact) mass is 394 g/mol. The molecule has 0 radical (unpaired) electrons. The van der Waals surface area contributed by atoms with Crippen molar-refractivity contribution in [2.45, 2.75) is 26.3 Å². The fraction of sp³-hybridized carbons (Fsp3) is 0.429. The van der Waals surface area contributed by atoms with Gasteiger partial charge in [0.1, 0.15) is 17.9 Å². The highest BCUT2D eigenvalue weighted by atomic mass is 16.5. The Morgan fingerprint density at radius 2 is 2.28 bits per heavy atom. The quantitative estimate of drug-likeness (QED) is 0.595. The van der Waals surface area contributed by atoms with Crippen LogP contribution in [0.4, 0.5) is 0 Å². The minimum absolute atomic E-state index is 0.242. The van der Waals surface area contributed by atoms with Gasteiger partial charge in [0, 0.05) is 17.6 Å². The predicted molar refractivity (Wildman–Crippen MR) is 110 cm³/mol. The molecule has 0 saturated carbocycles. The van der Waals surface area contributed by atoms with Gasteiger partial charge in [0.2, 0.25) is 0 Å². The molecule has 0 bridgehead atoms. The number of hydrogen-bond donors (Lipinski definition) is 2. The summed E-state index contributed by atoms with van der Waals surface area (Å²) < 4.78 is 7.60. The first-order valence-electron chi connectivity index (χ1n) is 10.1. The van der Waals surface area contributed by atoms with E-state index in [2.05, 4.69) is 25.9 Å². The van der Waals surface area contributed by atoms with Gasteiger partial charge in [-0.25, -0.2) is 4.98 Å². The number of para-hydroxylation sites is 1. The van der Waals surface area contributed by atoms with Gasteiger partial charge < -0.3 is 15.4 Å². The molecule has 3 aromatic rings. The van der Waals surface area contributed by atoms with Gasteiger partial charge in [-0.2, -0.15) is 0 Å². The summed E-state index contributed by atoms with van der Waals surface area (Å²) >= 11 is 0. The lowest BCUT2D eigenvalue weighted by Gasteiger charge is -2.22. The van der Waals surface area contributed by atoms with Crippen molar-refractivity contribution in [1.82, 2.24) is 30.6 Å². The van der Waals surface area contributed by atoms with E-state index in [1.165, 1.54) is 12.8 Å². The van der Waals surface area contributed by atoms with Crippen LogP contribution in [0.25, 0.3) is 10.9 Å². The van der Waals surface area contributed by atoms with Crippen molar-refractivity contribution in [1.29, 1.82) is 0 Å². The molecule has 8 nitrogen and oxygen atoms in total. The first kappa shape index (κ1) is 19.3. The molecule has 3 heterocycles. The molecule has 4 rings (SSSR count). The second kappa shape index (κ2) is 9.00. The average Bonchev–Trinajstić information content (AvgIpc) is 3.20. The average molecular weight is 394 g/mol. The van der Waals surface area contributed by atoms with Gasteiger partial charge in [-0.1, -0.05) is 23.4 Å². The molecule has 1 aliphatic heterocycles. The number of fused-ring (bicyclic) bond motifs is 1. The van der Waals surface area contributed by atoms with E-state index in [4.69, 9.17) is 4.74 Å². The molecule has 152 valence electrons. The lowest BCUT2D eigenvalue weighted by molar-refractivity contribution is 0.0942. The molecule has 2 N–H and O–H groups in total. The van der Waals surface area contributed by atoms with E-state index in [-0.39, 0.29) is 5.91 Å². The van der Waals surface area contributed by atoms with Crippen molar-refractivity contribution in [3.8, 4) is 5.75 Å². The van der Waals surface area contributed by atoms with E-state index < -0.39 is 0 Å². The number of aryl methyl sites for hydroxylation is 1. The largest absolute Gasteiger partial charge is 0.489 e. The number of carbonyl (C=O) groups excluding carboxylic acids is 1. The number of ether oxygens (including phenoxy) is 1. The molecule has 0 unspecified atom stereocenters. The van der Waals surface area contributed by atoms with E-state index in [0.717, 1.165) is 36.2 Å². The predicted octanol–water partition coefficient (Wildman–Crippen LogP) is 1.94. The zero-order chi connectivity index (χ0) is 20.1. The number of benzene rings is 1. The molecule has 1 fully saturated rings. The molecule has 1 aliphatic rings. The minimum atomic E-state index is -0.242. The molecule has 1 saturated heterocycles. The maximum absolute atomic E-state index is 12.3. The Morgan fingerprint density at radius 3 is 3.14 bits per heavy atom. The Morgan fingerprint density at radius 1 is 1.34 bits per heavy atom. The summed E-state index contributed by atoms with van der Waals surface area (Å²) in [6, 6.07) is 9.84. The van der Waals surface area contributed by atoms with E-state index in [9.17, 15) is 4.79 Å². The Kier molecular flexibility index (Phi) is 6.00. The summed E-state index contributed by atoms with van der Waals surface area (Å²) in [7, 11) is 0. The molecular formula is C21H26N6O2. The summed E-state index contributed by atoms with van der Waals surface area (Å²) in [5, 5.41) is 15.3. The Balaban J connectivity index is 1.27. The van der Waals surface area contributed by atoms with Gasteiger partial charge in [-0.15, -0.1) is 5.10 Å². The molecule has 0 aliphatic carbocycles. The van der Waals surface area contributed by atoms with Crippen molar-refractivity contribution in [2.24, 2.45) is 5.92 Å². The van der Waals surface area contributed by atoms with Crippen LogP contribution in [0.5, 0.6) is 5.75 Å². The van der Waals surface area contributed by atoms with E-state index in [1.54, 1.807) is 10.9 Å². The van der Waals surface area contributed by atoms with Gasteiger partial charge in [-0.3, -0.25) is 9.48 Å². The first-order chi connectivity index (χ1) is 14.2. The van der Waals surface area contributed by atoms with Gasteiger partial charge in [0.25, 0.3) is 5.91 Å². The summed E-state index contributed by atoms with van der Waals surface area (Å²) in [4.78, 5) is 16.9. The Hall–Kier alpha value is -3.00. The number of hydrogen-bond acceptors (Lipinski definition) is 6. The van der Waals surface area contributed by atoms with Crippen molar-refractivity contribution in [3.63, 3.8) is 0 Å². The molecular weight excluding hydrogens is 368 g/mol. The van der Waals surface area contributed by atoms with Crippen LogP contribution < -0.4 is 15.4 Å². The van der Waals surface area contributed by atoms with E-state index >= 15 is 0 Å². The van der Waals surface area contributed by atoms with Crippen molar-refractivity contribution < 1.29 is 9.53 Å². The van der Waals surface area contributed by atoms with Gasteiger partial charge in [0.05, 0.1) is 12.7 Å². The lowest BCUT2D eigenvalue weighted by Crippen LogP contribution is -2.32. The number of amides is 1. The molecule has 0 spiro atoms. The SMILES string of the molecule is Cc1ccc2cccc(OCCNC(=O)c3cn(C[C@@H]4CCCNC4)nn3)c2n1. The van der Waals surface area contributed by atoms with Crippen LogP contribution in [0.15, 0.2) is 36.5 Å². The summed E-state index contributed by atoms with van der Waals surface area (Å²) in [5.74, 6) is 1.01. The van der Waals surface area contributed by atoms with E-state index in [1.807, 2.05) is 37.3 Å². The standard InChI is InChI=1S/C21H26N6O2/c1-15-7-8-17-5-2-6-19(20(17)24-15)29-11-10-23-21(28)18-14-27(26-25-18)13-16-4-3-9-22-12-16/h2,5-8,14,16,22H,3-4,9-13H2,1H3,(H,23,28)/t16-/m1/s1. The number of aromatic nitrogens is 4. The first-order valence-corrected chi connectivity index (χ1v) is 10.1. The van der Waals surface area contributed by atoms with Crippen LogP contribution >= 0.6 is 0 Å². The number of piperidine rings is 1. The van der Waals surface area contributed by atoms with Crippen molar-refractivity contribution >= 4 is 16.8 Å². The highest BCUT2D eigenvalue weighted by Gasteiger charge is 2.16. The third-order valence-electron chi connectivity index (χ3n) is 5.08. The van der Waals surface area contributed by atoms with Crippen LogP contribution in [-0.4, -0.2) is 52.1 Å². The number of rotatable bonds is 7. The van der Waals surface area contributed by atoms with Crippen LogP contribution in [0, 0.1) is 12.8 Å². The van der Waals surface area contributed by atoms with Crippen LogP contribution in [-0.2, 0) is 6.54 Å². The third kappa shape index (κ3) is 4.89. The van der Waals surface area contributed by atoms with Gasteiger partial charge in [-0.05, 0) is 50.9 Å². The van der Waals surface area contributed by atoms with Crippen LogP contribution in [0.3, 0.4) is 0 Å². The number of carbonyl (C=O) groups is 1. The molecule has 1 atom stereocenters. The topological polar surface area (TPSA) is 94.0 Å². The van der Waals surface area contributed by atoms with Crippen LogP contribution in [0.2, 0.25) is 0 Å². The summed E-state index contributed by atoms with van der Waals surface area (Å²) in [6.07, 6.45) is 4.06. The molecule has 2 aromatic heterocycles. The zero-order valence-electron chi connectivity index (χ0n) is 16.6. The maximum atomic E-state index is 12.3. The minimum Gasteiger partial charge on any atom is -0.489 e. The molecule has 29 heavy (non-hydrogen) atoms. The second-order valence-electron chi connectivity index (χ2n) is 7.42. The highest BCUT2D eigenvalue weighted by Crippen LogP contribution is 2.23. The Labute approximate surface area is 169 Å². The van der Waals surface area contributed by atoms with Gasteiger partial charge in [0.15, 0.2) is 5.69 Å². The molecule has 1 amide bonds. The number of nitrogens with one attached hydrogen (secondary N) is 2. The lowest BCUT2D eigenvalue weighted by atomic mass is 10.00. The number of pyridine rings is 1. The summed E-state index contributed by atoms with van der Waals surface area (Å²) in [6.45, 7) is 5.53. The second-order valence-corrected chi connectivity index (χ2v) is 7.42. The molecule has 1 aromatic carbocycles. The maximum Gasteiger partial charge on any atom is 0.273 e. The fourth-order valence-electron chi connectivity index (χ4n) is 3.59. The van der Waals surface area contributed by atoms with Gasteiger partial charge >= 0.3 is 0 Å². The van der Waals surface area contributed by atoms with Crippen molar-refractivity contribution in [2.75, 3.05) is 26.2 Å². The molecule has 8 heteroatoms. The van der Waals surface area contributed by atoms with E-state index in [0.29, 0.717) is 30.5 Å². The zero-order valence-corrected chi connectivity index (χ0v) is 16.6. The summed E-state index contributed by atoms with van der Waals surface area (Å²) in [5.41, 5.74) is 2.10. The van der Waals surface area contributed by atoms with Crippen molar-refractivity contribution in [3.05, 3.63) is 47.9 Å². The third-order valence-corrected chi connectivity index (χ3v) is 5.08. The van der Waals surface area contributed by atoms with Crippen LogP contribution in [0.1, 0.15) is 29.0 Å².